The Morgan fingerprint density at radius 2 is 1.81 bits per heavy atom. The topological polar surface area (TPSA) is 58.0 Å². The number of hydrogen-bond acceptors (Lipinski definition) is 5. The zero-order valence-electron chi connectivity index (χ0n) is 22.0. The first-order chi connectivity index (χ1) is 17.5. The monoisotopic (exact) mass is 484 g/mol. The van der Waals surface area contributed by atoms with Gasteiger partial charge in [-0.3, -0.25) is 4.68 Å². The molecule has 2 fully saturated rings. The standard InChI is InChI=1S/C30H40N6/c1-20-6-12-32-26-5-4-21(2)28(16-26)24-14-29(25-17-33-36(19-25)27-7-10-31-11-8-27)34-30(15-24)35-13-9-23(18-35)22(20)3/h4-5,14-17,19-20,22-23,27,31-32H,6-13,18H2,1-3H3. The molecule has 190 valence electrons. The van der Waals surface area contributed by atoms with E-state index in [2.05, 4.69) is 77.5 Å². The summed E-state index contributed by atoms with van der Waals surface area (Å²) in [5.41, 5.74) is 7.16. The highest BCUT2D eigenvalue weighted by Gasteiger charge is 2.31. The fraction of sp³-hybridized carbons (Fsp3) is 0.533. The molecule has 3 aliphatic rings. The Bertz CT molecular complexity index is 1210. The number of pyridine rings is 1. The molecule has 6 nitrogen and oxygen atoms in total. The molecule has 2 aromatic heterocycles. The Balaban J connectivity index is 1.43. The molecule has 1 aromatic carbocycles. The van der Waals surface area contributed by atoms with E-state index in [-0.39, 0.29) is 0 Å². The third-order valence-corrected chi connectivity index (χ3v) is 9.06. The smallest absolute Gasteiger partial charge is 0.129 e. The minimum Gasteiger partial charge on any atom is -0.385 e. The van der Waals surface area contributed by atoms with Gasteiger partial charge in [0, 0.05) is 37.1 Å². The van der Waals surface area contributed by atoms with E-state index in [0.717, 1.165) is 68.6 Å². The van der Waals surface area contributed by atoms with Crippen LogP contribution in [0.4, 0.5) is 11.5 Å². The van der Waals surface area contributed by atoms with Gasteiger partial charge in [0.15, 0.2) is 0 Å². The number of rotatable bonds is 2. The molecule has 0 radical (unpaired) electrons. The summed E-state index contributed by atoms with van der Waals surface area (Å²) < 4.78 is 2.17. The van der Waals surface area contributed by atoms with Gasteiger partial charge in [0.25, 0.3) is 0 Å². The van der Waals surface area contributed by atoms with Crippen LogP contribution in [0.3, 0.4) is 0 Å². The highest BCUT2D eigenvalue weighted by molar-refractivity contribution is 5.77. The number of piperidine rings is 1. The van der Waals surface area contributed by atoms with Gasteiger partial charge in [-0.2, -0.15) is 5.10 Å². The highest BCUT2D eigenvalue weighted by Crippen LogP contribution is 2.37. The molecule has 6 heteroatoms. The molecule has 0 amide bonds. The van der Waals surface area contributed by atoms with E-state index in [4.69, 9.17) is 10.1 Å². The molecule has 6 rings (SSSR count). The van der Waals surface area contributed by atoms with Gasteiger partial charge >= 0.3 is 0 Å². The van der Waals surface area contributed by atoms with Crippen molar-refractivity contribution >= 4 is 11.5 Å². The molecule has 36 heavy (non-hydrogen) atoms. The average molecular weight is 485 g/mol. The fourth-order valence-electron chi connectivity index (χ4n) is 6.36. The SMILES string of the molecule is Cc1ccc2cc1-c1cc(-c3cnn(C4CCNCC4)c3)nc(c1)N1CCC(C1)C(C)C(C)CCN2. The van der Waals surface area contributed by atoms with Gasteiger partial charge in [0.05, 0.1) is 17.9 Å². The van der Waals surface area contributed by atoms with Crippen LogP contribution in [-0.4, -0.2) is 47.5 Å². The lowest BCUT2D eigenvalue weighted by molar-refractivity contribution is 0.271. The van der Waals surface area contributed by atoms with E-state index < -0.39 is 0 Å². The van der Waals surface area contributed by atoms with E-state index in [1.54, 1.807) is 0 Å². The van der Waals surface area contributed by atoms with Gasteiger partial charge in [-0.1, -0.05) is 19.9 Å². The minimum absolute atomic E-state index is 0.473. The van der Waals surface area contributed by atoms with Gasteiger partial charge in [0.2, 0.25) is 0 Å². The van der Waals surface area contributed by atoms with Crippen LogP contribution in [0.25, 0.3) is 22.4 Å². The summed E-state index contributed by atoms with van der Waals surface area (Å²) >= 11 is 0. The third kappa shape index (κ3) is 4.63. The number of nitrogens with one attached hydrogen (secondary N) is 2. The van der Waals surface area contributed by atoms with Crippen molar-refractivity contribution in [3.05, 3.63) is 48.3 Å². The van der Waals surface area contributed by atoms with E-state index >= 15 is 0 Å². The van der Waals surface area contributed by atoms with Crippen LogP contribution in [0.1, 0.15) is 51.1 Å². The Morgan fingerprint density at radius 3 is 2.67 bits per heavy atom. The van der Waals surface area contributed by atoms with Crippen molar-refractivity contribution in [1.82, 2.24) is 20.1 Å². The molecule has 0 saturated carbocycles. The van der Waals surface area contributed by atoms with Crippen molar-refractivity contribution in [3.8, 4) is 22.4 Å². The summed E-state index contributed by atoms with van der Waals surface area (Å²) in [6, 6.07) is 11.8. The Kier molecular flexibility index (Phi) is 6.46. The lowest BCUT2D eigenvalue weighted by Crippen LogP contribution is -2.29. The van der Waals surface area contributed by atoms with Crippen LogP contribution in [-0.2, 0) is 0 Å². The molecule has 3 aliphatic heterocycles. The van der Waals surface area contributed by atoms with Crippen molar-refractivity contribution in [3.63, 3.8) is 0 Å². The summed E-state index contributed by atoms with van der Waals surface area (Å²) in [7, 11) is 0. The number of aromatic nitrogens is 3. The van der Waals surface area contributed by atoms with Gasteiger partial charge in [-0.15, -0.1) is 0 Å². The maximum Gasteiger partial charge on any atom is 0.129 e. The van der Waals surface area contributed by atoms with E-state index in [1.807, 2.05) is 6.20 Å². The summed E-state index contributed by atoms with van der Waals surface area (Å²) in [4.78, 5) is 7.77. The second kappa shape index (κ2) is 9.89. The van der Waals surface area contributed by atoms with Gasteiger partial charge < -0.3 is 15.5 Å². The van der Waals surface area contributed by atoms with Crippen LogP contribution in [0.5, 0.6) is 0 Å². The summed E-state index contributed by atoms with van der Waals surface area (Å²) in [6.45, 7) is 12.4. The number of benzene rings is 1. The second-order valence-electron chi connectivity index (χ2n) is 11.4. The first-order valence-electron chi connectivity index (χ1n) is 13.9. The Labute approximate surface area is 215 Å². The molecule has 3 atom stereocenters. The first-order valence-corrected chi connectivity index (χ1v) is 13.9. The second-order valence-corrected chi connectivity index (χ2v) is 11.4. The number of fused-ring (bicyclic) bond motifs is 8. The van der Waals surface area contributed by atoms with Crippen molar-refractivity contribution in [1.29, 1.82) is 0 Å². The van der Waals surface area contributed by atoms with Crippen LogP contribution >= 0.6 is 0 Å². The normalized spacial score (nSPS) is 24.9. The molecule has 0 spiro atoms. The van der Waals surface area contributed by atoms with Crippen LogP contribution in [0.2, 0.25) is 0 Å². The zero-order chi connectivity index (χ0) is 24.6. The predicted molar refractivity (Wildman–Crippen MR) is 149 cm³/mol. The summed E-state index contributed by atoms with van der Waals surface area (Å²) in [5.74, 6) is 3.23. The molecule has 0 aliphatic carbocycles. The number of nitrogens with zero attached hydrogens (tertiary/aromatic N) is 4. The maximum absolute atomic E-state index is 5.24. The van der Waals surface area contributed by atoms with Crippen molar-refractivity contribution < 1.29 is 0 Å². The third-order valence-electron chi connectivity index (χ3n) is 9.06. The van der Waals surface area contributed by atoms with Crippen LogP contribution in [0, 0.1) is 24.7 Å². The van der Waals surface area contributed by atoms with Crippen LogP contribution < -0.4 is 15.5 Å². The number of anilines is 2. The molecule has 2 N–H and O–H groups in total. The Hall–Kier alpha value is -2.86. The van der Waals surface area contributed by atoms with Gasteiger partial charge in [0.1, 0.15) is 5.82 Å². The molecular formula is C30H40N6. The van der Waals surface area contributed by atoms with E-state index in [0.29, 0.717) is 17.9 Å². The summed E-state index contributed by atoms with van der Waals surface area (Å²) in [6.07, 6.45) is 8.94. The molecule has 2 saturated heterocycles. The molecule has 3 unspecified atom stereocenters. The minimum atomic E-state index is 0.473. The zero-order valence-corrected chi connectivity index (χ0v) is 22.0. The Morgan fingerprint density at radius 1 is 0.944 bits per heavy atom. The molecule has 3 aromatic rings. The fourth-order valence-corrected chi connectivity index (χ4v) is 6.36. The van der Waals surface area contributed by atoms with Crippen molar-refractivity contribution in [2.45, 2.75) is 52.5 Å². The van der Waals surface area contributed by atoms with Gasteiger partial charge in [-0.25, -0.2) is 4.98 Å². The largest absolute Gasteiger partial charge is 0.385 e. The predicted octanol–water partition coefficient (Wildman–Crippen LogP) is 5.76. The lowest BCUT2D eigenvalue weighted by atomic mass is 9.82. The van der Waals surface area contributed by atoms with Crippen molar-refractivity contribution in [2.75, 3.05) is 42.9 Å². The summed E-state index contributed by atoms with van der Waals surface area (Å²) in [5, 5.41) is 11.9. The number of hydrogen-bond donors (Lipinski definition) is 2. The number of aryl methyl sites for hydroxylation is 1. The van der Waals surface area contributed by atoms with E-state index in [1.165, 1.54) is 35.2 Å². The molecule has 5 heterocycles. The van der Waals surface area contributed by atoms with Crippen LogP contribution in [0.15, 0.2) is 42.7 Å². The van der Waals surface area contributed by atoms with E-state index in [9.17, 15) is 0 Å². The lowest BCUT2D eigenvalue weighted by Gasteiger charge is -2.27. The maximum atomic E-state index is 5.24. The quantitative estimate of drug-likeness (QED) is 0.484. The first kappa shape index (κ1) is 23.5. The van der Waals surface area contributed by atoms with Gasteiger partial charge in [-0.05, 0) is 104 Å². The van der Waals surface area contributed by atoms with Crippen molar-refractivity contribution in [2.24, 2.45) is 17.8 Å². The molecule has 6 bridgehead atoms. The highest BCUT2D eigenvalue weighted by atomic mass is 15.3. The average Bonchev–Trinajstić information content (AvgIpc) is 3.60. The molecular weight excluding hydrogens is 444 g/mol.